The number of carbonyl (C=O) groups excluding carboxylic acids is 1. The van der Waals surface area contributed by atoms with Gasteiger partial charge in [0.2, 0.25) is 9.70 Å². The van der Waals surface area contributed by atoms with Crippen molar-refractivity contribution in [3.8, 4) is 0 Å². The molecule has 3 heterocycles. The Balaban J connectivity index is 1.27. The fraction of sp³-hybridized carbons (Fsp3) is 0.346. The van der Waals surface area contributed by atoms with E-state index in [0.29, 0.717) is 24.7 Å². The van der Waals surface area contributed by atoms with Crippen LogP contribution < -0.4 is 16.2 Å². The number of halogens is 3. The maximum absolute atomic E-state index is 13.0. The molecule has 1 fully saturated rings. The number of aromatic nitrogens is 1. The fourth-order valence-electron chi connectivity index (χ4n) is 5.31. The number of benzene rings is 2. The van der Waals surface area contributed by atoms with Crippen LogP contribution in [0.15, 0.2) is 65.5 Å². The SMILES string of the molecule is O=C(Cc1cccc2ccccc12)NC(NC(=S)N1C[C@@H]2C[C@@H](C1)c1cccc(=O)n1C2)C(Cl)(Cl)Cl. The quantitative estimate of drug-likeness (QED) is 0.281. The van der Waals surface area contributed by atoms with Crippen LogP contribution in [0.25, 0.3) is 10.8 Å². The summed E-state index contributed by atoms with van der Waals surface area (Å²) in [5, 5.41) is 8.33. The summed E-state index contributed by atoms with van der Waals surface area (Å²) in [5.74, 6) is 0.170. The van der Waals surface area contributed by atoms with Crippen LogP contribution in [0.2, 0.25) is 0 Å². The minimum Gasteiger partial charge on any atom is -0.348 e. The highest BCUT2D eigenvalue weighted by Gasteiger charge is 2.38. The van der Waals surface area contributed by atoms with Gasteiger partial charge in [-0.15, -0.1) is 0 Å². The lowest BCUT2D eigenvalue weighted by atomic mass is 9.83. The van der Waals surface area contributed by atoms with E-state index in [1.165, 1.54) is 0 Å². The minimum atomic E-state index is -1.83. The molecular weight excluding hydrogens is 539 g/mol. The lowest BCUT2D eigenvalue weighted by Gasteiger charge is -2.44. The average molecular weight is 564 g/mol. The molecule has 188 valence electrons. The van der Waals surface area contributed by atoms with Crippen LogP contribution in [0.4, 0.5) is 0 Å². The summed E-state index contributed by atoms with van der Waals surface area (Å²) in [7, 11) is 0. The highest BCUT2D eigenvalue weighted by atomic mass is 35.6. The molecule has 2 aliphatic rings. The zero-order valence-corrected chi connectivity index (χ0v) is 22.4. The molecule has 36 heavy (non-hydrogen) atoms. The van der Waals surface area contributed by atoms with Crippen LogP contribution in [-0.2, 0) is 17.8 Å². The Morgan fingerprint density at radius 2 is 1.75 bits per heavy atom. The number of carbonyl (C=O) groups is 1. The van der Waals surface area contributed by atoms with Crippen molar-refractivity contribution in [1.82, 2.24) is 20.1 Å². The zero-order chi connectivity index (χ0) is 25.4. The van der Waals surface area contributed by atoms with Gasteiger partial charge in [0.1, 0.15) is 6.17 Å². The van der Waals surface area contributed by atoms with E-state index in [9.17, 15) is 9.59 Å². The number of hydrogen-bond acceptors (Lipinski definition) is 3. The second-order valence-electron chi connectivity index (χ2n) is 9.41. The van der Waals surface area contributed by atoms with Crippen molar-refractivity contribution in [2.45, 2.75) is 35.3 Å². The standard InChI is InChI=1S/C26H25Cl3N4O2S/c27-26(28,29)24(30-22(34)12-18-7-3-6-17-5-1-2-8-20(17)18)31-25(36)32-13-16-11-19(15-32)21-9-4-10-23(35)33(21)14-16/h1-10,16,19,24H,11-15H2,(H,30,34)(H,31,36)/t16-,19-,24?/m0/s1. The predicted octanol–water partition coefficient (Wildman–Crippen LogP) is 4.35. The van der Waals surface area contributed by atoms with Crippen LogP contribution in [0.5, 0.6) is 0 Å². The lowest BCUT2D eigenvalue weighted by Crippen LogP contribution is -2.60. The summed E-state index contributed by atoms with van der Waals surface area (Å²) in [6, 6.07) is 19.1. The number of rotatable bonds is 4. The molecule has 2 aromatic carbocycles. The second-order valence-corrected chi connectivity index (χ2v) is 12.2. The average Bonchev–Trinajstić information content (AvgIpc) is 2.84. The number of fused-ring (bicyclic) bond motifs is 5. The van der Waals surface area contributed by atoms with E-state index in [2.05, 4.69) is 10.6 Å². The molecule has 10 heteroatoms. The highest BCUT2D eigenvalue weighted by Crippen LogP contribution is 2.35. The summed E-state index contributed by atoms with van der Waals surface area (Å²) in [6.07, 6.45) is 0.110. The normalized spacial score (nSPS) is 19.9. The van der Waals surface area contributed by atoms with E-state index in [0.717, 1.165) is 28.5 Å². The van der Waals surface area contributed by atoms with Gasteiger partial charge in [-0.05, 0) is 47.0 Å². The van der Waals surface area contributed by atoms with Crippen molar-refractivity contribution >= 4 is 68.8 Å². The van der Waals surface area contributed by atoms with Crippen molar-refractivity contribution in [2.75, 3.05) is 13.1 Å². The third-order valence-corrected chi connectivity index (χ3v) is 7.93. The summed E-state index contributed by atoms with van der Waals surface area (Å²) in [6.45, 7) is 1.97. The molecular formula is C26H25Cl3N4O2S. The molecule has 3 aromatic rings. The van der Waals surface area contributed by atoms with Crippen molar-refractivity contribution in [1.29, 1.82) is 0 Å². The van der Waals surface area contributed by atoms with E-state index in [1.807, 2.05) is 58.0 Å². The van der Waals surface area contributed by atoms with Crippen molar-refractivity contribution in [2.24, 2.45) is 5.92 Å². The number of hydrogen-bond donors (Lipinski definition) is 2. The molecule has 0 aliphatic carbocycles. The molecule has 5 rings (SSSR count). The Kier molecular flexibility index (Phi) is 7.18. The number of thiocarbonyl (C=S) groups is 1. The smallest absolute Gasteiger partial charge is 0.250 e. The van der Waals surface area contributed by atoms with E-state index < -0.39 is 9.96 Å². The van der Waals surface area contributed by atoms with Gasteiger partial charge in [0.05, 0.1) is 6.42 Å². The maximum Gasteiger partial charge on any atom is 0.250 e. The number of likely N-dealkylation sites (tertiary alicyclic amines) is 1. The van der Waals surface area contributed by atoms with Gasteiger partial charge in [0.15, 0.2) is 5.11 Å². The summed E-state index contributed by atoms with van der Waals surface area (Å²) in [5.41, 5.74) is 1.93. The minimum absolute atomic E-state index is 0.0292. The van der Waals surface area contributed by atoms with E-state index in [-0.39, 0.29) is 29.7 Å². The van der Waals surface area contributed by atoms with Gasteiger partial charge >= 0.3 is 0 Å². The van der Waals surface area contributed by atoms with Gasteiger partial charge in [-0.25, -0.2) is 0 Å². The van der Waals surface area contributed by atoms with Crippen LogP contribution in [0, 0.1) is 5.92 Å². The first-order valence-electron chi connectivity index (χ1n) is 11.8. The Bertz CT molecular complexity index is 1370. The molecule has 0 saturated carbocycles. The van der Waals surface area contributed by atoms with E-state index in [4.69, 9.17) is 47.0 Å². The fourth-order valence-corrected chi connectivity index (χ4v) is 5.90. The largest absolute Gasteiger partial charge is 0.348 e. The predicted molar refractivity (Wildman–Crippen MR) is 149 cm³/mol. The molecule has 2 aliphatic heterocycles. The number of alkyl halides is 3. The first-order chi connectivity index (χ1) is 17.2. The number of amides is 1. The first kappa shape index (κ1) is 25.3. The van der Waals surface area contributed by atoms with Crippen LogP contribution in [-0.4, -0.2) is 43.5 Å². The second kappa shape index (κ2) is 10.2. The zero-order valence-electron chi connectivity index (χ0n) is 19.3. The summed E-state index contributed by atoms with van der Waals surface area (Å²) in [4.78, 5) is 27.3. The number of pyridine rings is 1. The summed E-state index contributed by atoms with van der Waals surface area (Å²) >= 11 is 24.4. The Morgan fingerprint density at radius 1 is 1.00 bits per heavy atom. The molecule has 0 radical (unpaired) electrons. The van der Waals surface area contributed by atoms with E-state index >= 15 is 0 Å². The molecule has 1 saturated heterocycles. The summed E-state index contributed by atoms with van der Waals surface area (Å²) < 4.78 is 0.0360. The molecule has 2 N–H and O–H groups in total. The molecule has 0 spiro atoms. The lowest BCUT2D eigenvalue weighted by molar-refractivity contribution is -0.121. The van der Waals surface area contributed by atoms with Gasteiger partial charge in [-0.2, -0.15) is 0 Å². The molecule has 2 bridgehead atoms. The topological polar surface area (TPSA) is 66.4 Å². The Morgan fingerprint density at radius 3 is 2.56 bits per heavy atom. The van der Waals surface area contributed by atoms with Crippen molar-refractivity contribution in [3.05, 3.63) is 82.3 Å². The van der Waals surface area contributed by atoms with Gasteiger partial charge in [0, 0.05) is 37.3 Å². The van der Waals surface area contributed by atoms with Crippen molar-refractivity contribution < 1.29 is 4.79 Å². The molecule has 6 nitrogen and oxygen atoms in total. The third kappa shape index (κ3) is 5.35. The maximum atomic E-state index is 13.0. The Labute approximate surface area is 229 Å². The molecule has 3 atom stereocenters. The van der Waals surface area contributed by atoms with Gasteiger partial charge in [-0.1, -0.05) is 83.3 Å². The Hall–Kier alpha value is -2.32. The number of nitrogens with one attached hydrogen (secondary N) is 2. The third-order valence-electron chi connectivity index (χ3n) is 6.90. The number of nitrogens with zero attached hydrogens (tertiary/aromatic N) is 2. The van der Waals surface area contributed by atoms with Crippen LogP contribution >= 0.6 is 47.0 Å². The highest BCUT2D eigenvalue weighted by molar-refractivity contribution is 7.80. The van der Waals surface area contributed by atoms with Gasteiger partial charge in [-0.3, -0.25) is 9.59 Å². The monoisotopic (exact) mass is 562 g/mol. The van der Waals surface area contributed by atoms with Crippen molar-refractivity contribution in [3.63, 3.8) is 0 Å². The van der Waals surface area contributed by atoms with Crippen LogP contribution in [0.1, 0.15) is 23.6 Å². The van der Waals surface area contributed by atoms with Gasteiger partial charge < -0.3 is 20.1 Å². The molecule has 1 unspecified atom stereocenters. The first-order valence-corrected chi connectivity index (χ1v) is 13.3. The van der Waals surface area contributed by atoms with Gasteiger partial charge in [0.25, 0.3) is 5.56 Å². The van der Waals surface area contributed by atoms with E-state index in [1.54, 1.807) is 12.1 Å². The number of piperidine rings is 1. The molecule has 1 aromatic heterocycles. The van der Waals surface area contributed by atoms with Crippen LogP contribution in [0.3, 0.4) is 0 Å². The molecule has 1 amide bonds.